The molecule has 3 N–H and O–H groups in total. The summed E-state index contributed by atoms with van der Waals surface area (Å²) in [5.41, 5.74) is 2.33. The number of aliphatic imine (C=N–C) groups is 1. The first kappa shape index (κ1) is 28.4. The Morgan fingerprint density at radius 3 is 2.45 bits per heavy atom. The summed E-state index contributed by atoms with van der Waals surface area (Å²) in [5.74, 6) is -1.47. The maximum atomic E-state index is 14.3. The number of urea groups is 1. The summed E-state index contributed by atoms with van der Waals surface area (Å²) >= 11 is 0. The summed E-state index contributed by atoms with van der Waals surface area (Å²) < 4.78 is 14.3. The highest BCUT2D eigenvalue weighted by Gasteiger charge is 2.22. The highest BCUT2D eigenvalue weighted by Crippen LogP contribution is 2.22. The predicted octanol–water partition coefficient (Wildman–Crippen LogP) is 4.47. The molecule has 0 aliphatic carbocycles. The van der Waals surface area contributed by atoms with E-state index in [0.717, 1.165) is 19.5 Å². The van der Waals surface area contributed by atoms with Crippen LogP contribution in [0.4, 0.5) is 14.9 Å². The second-order valence-corrected chi connectivity index (χ2v) is 9.19. The lowest BCUT2D eigenvalue weighted by molar-refractivity contribution is -0.115. The molecule has 0 fully saturated rings. The third-order valence-electron chi connectivity index (χ3n) is 6.33. The molecule has 2 amide bonds. The fourth-order valence-corrected chi connectivity index (χ4v) is 4.41. The number of amides is 2. The molecular formula is C30H29BFN4O4. The minimum Gasteiger partial charge on any atom is -0.450 e. The van der Waals surface area contributed by atoms with Crippen molar-refractivity contribution in [3.8, 4) is 0 Å². The number of Topliss-reactive ketones (excluding diaryl/α,β-unsaturated/α-hetero) is 2. The van der Waals surface area contributed by atoms with Gasteiger partial charge in [-0.05, 0) is 37.1 Å². The number of hydrogen-bond donors (Lipinski definition) is 3. The van der Waals surface area contributed by atoms with Gasteiger partial charge >= 0.3 is 13.5 Å². The maximum absolute atomic E-state index is 14.3. The molecule has 0 atom stereocenters. The molecule has 0 aliphatic heterocycles. The van der Waals surface area contributed by atoms with Crippen molar-refractivity contribution in [1.29, 1.82) is 0 Å². The SMILES string of the molecule is CCCN(CCCC(=O)C(=O)c1c[nH]c2cccc(F)c12)C(=NC(=O)Nc1ccc([B]O)cc1)c1ccccc1. The number of benzene rings is 3. The van der Waals surface area contributed by atoms with Gasteiger partial charge in [0.1, 0.15) is 11.7 Å². The third-order valence-corrected chi connectivity index (χ3v) is 6.33. The molecule has 8 nitrogen and oxygen atoms in total. The Morgan fingerprint density at radius 1 is 1.00 bits per heavy atom. The summed E-state index contributed by atoms with van der Waals surface area (Å²) in [6.45, 7) is 2.94. The van der Waals surface area contributed by atoms with E-state index in [2.05, 4.69) is 15.3 Å². The molecule has 0 aliphatic rings. The van der Waals surface area contributed by atoms with Crippen LogP contribution < -0.4 is 10.8 Å². The number of halogens is 1. The highest BCUT2D eigenvalue weighted by molar-refractivity contribution is 6.46. The van der Waals surface area contributed by atoms with Crippen molar-refractivity contribution in [3.05, 3.63) is 95.9 Å². The van der Waals surface area contributed by atoms with Gasteiger partial charge in [-0.3, -0.25) is 9.59 Å². The van der Waals surface area contributed by atoms with Crippen LogP contribution in [-0.2, 0) is 4.79 Å². The van der Waals surface area contributed by atoms with Crippen LogP contribution >= 0.6 is 0 Å². The van der Waals surface area contributed by atoms with Gasteiger partial charge in [0.2, 0.25) is 11.6 Å². The molecule has 0 unspecified atom stereocenters. The Labute approximate surface area is 232 Å². The molecule has 0 saturated carbocycles. The second-order valence-electron chi connectivity index (χ2n) is 9.19. The van der Waals surface area contributed by atoms with E-state index in [1.54, 1.807) is 30.3 Å². The largest absolute Gasteiger partial charge is 0.450 e. The zero-order valence-corrected chi connectivity index (χ0v) is 22.1. The molecule has 4 rings (SSSR count). The third kappa shape index (κ3) is 6.89. The van der Waals surface area contributed by atoms with E-state index in [9.17, 15) is 18.8 Å². The van der Waals surface area contributed by atoms with Crippen molar-refractivity contribution in [2.24, 2.45) is 4.99 Å². The van der Waals surface area contributed by atoms with Crippen LogP contribution in [-0.4, -0.2) is 58.9 Å². The van der Waals surface area contributed by atoms with Gasteiger partial charge in [0.15, 0.2) is 0 Å². The highest BCUT2D eigenvalue weighted by atomic mass is 19.1. The lowest BCUT2D eigenvalue weighted by Crippen LogP contribution is -2.35. The molecule has 40 heavy (non-hydrogen) atoms. The summed E-state index contributed by atoms with van der Waals surface area (Å²) in [5, 5.41) is 12.0. The number of aromatic nitrogens is 1. The van der Waals surface area contributed by atoms with Crippen LogP contribution in [0.15, 0.2) is 84.0 Å². The van der Waals surface area contributed by atoms with E-state index < -0.39 is 23.4 Å². The van der Waals surface area contributed by atoms with Gasteiger partial charge in [0, 0.05) is 47.9 Å². The van der Waals surface area contributed by atoms with Gasteiger partial charge < -0.3 is 20.2 Å². The minimum absolute atomic E-state index is 0.0247. The number of amidine groups is 1. The topological polar surface area (TPSA) is 115 Å². The van der Waals surface area contributed by atoms with E-state index in [1.807, 2.05) is 42.2 Å². The number of aromatic amines is 1. The number of anilines is 1. The number of nitrogens with one attached hydrogen (secondary N) is 2. The first-order valence-corrected chi connectivity index (χ1v) is 13.0. The predicted molar refractivity (Wildman–Crippen MR) is 155 cm³/mol. The lowest BCUT2D eigenvalue weighted by Gasteiger charge is -2.26. The molecule has 0 saturated heterocycles. The number of H-pyrrole nitrogens is 1. The zero-order chi connectivity index (χ0) is 28.5. The van der Waals surface area contributed by atoms with Crippen molar-refractivity contribution in [2.45, 2.75) is 26.2 Å². The van der Waals surface area contributed by atoms with Crippen molar-refractivity contribution < 1.29 is 23.8 Å². The summed E-state index contributed by atoms with van der Waals surface area (Å²) in [4.78, 5) is 47.6. The normalized spacial score (nSPS) is 11.3. The molecule has 203 valence electrons. The number of rotatable bonds is 11. The zero-order valence-electron chi connectivity index (χ0n) is 22.1. The van der Waals surface area contributed by atoms with Crippen LogP contribution in [0.3, 0.4) is 0 Å². The van der Waals surface area contributed by atoms with Crippen molar-refractivity contribution in [3.63, 3.8) is 0 Å². The van der Waals surface area contributed by atoms with Gasteiger partial charge in [0.05, 0.1) is 5.56 Å². The number of fused-ring (bicyclic) bond motifs is 1. The Kier molecular flexibility index (Phi) is 9.59. The first-order valence-electron chi connectivity index (χ1n) is 13.0. The van der Waals surface area contributed by atoms with E-state index in [4.69, 9.17) is 5.02 Å². The molecule has 4 aromatic rings. The fraction of sp³-hybridized carbons (Fsp3) is 0.200. The number of nitrogens with zero attached hydrogens (tertiary/aromatic N) is 2. The van der Waals surface area contributed by atoms with Gasteiger partial charge in [-0.1, -0.05) is 60.9 Å². The first-order chi connectivity index (χ1) is 19.4. The molecule has 3 aromatic carbocycles. The molecule has 0 bridgehead atoms. The van der Waals surface area contributed by atoms with Gasteiger partial charge in [-0.15, -0.1) is 0 Å². The van der Waals surface area contributed by atoms with Crippen LogP contribution in [0, 0.1) is 5.82 Å². The van der Waals surface area contributed by atoms with Gasteiger partial charge in [-0.25, -0.2) is 9.18 Å². The Bertz CT molecular complexity index is 1520. The molecule has 10 heteroatoms. The van der Waals surface area contributed by atoms with Gasteiger partial charge in [-0.2, -0.15) is 4.99 Å². The average Bonchev–Trinajstić information content (AvgIpc) is 3.41. The monoisotopic (exact) mass is 539 g/mol. The number of carbonyl (C=O) groups is 3. The number of ketones is 2. The van der Waals surface area contributed by atoms with Crippen molar-refractivity contribution in [1.82, 2.24) is 9.88 Å². The van der Waals surface area contributed by atoms with Crippen LogP contribution in [0.1, 0.15) is 42.1 Å². The van der Waals surface area contributed by atoms with E-state index in [-0.39, 0.29) is 17.4 Å². The second kappa shape index (κ2) is 13.5. The summed E-state index contributed by atoms with van der Waals surface area (Å²) in [6.07, 6.45) is 2.42. The van der Waals surface area contributed by atoms with Crippen LogP contribution in [0.25, 0.3) is 10.9 Å². The summed E-state index contributed by atoms with van der Waals surface area (Å²) in [7, 11) is 0.969. The average molecular weight is 539 g/mol. The Balaban J connectivity index is 1.48. The minimum atomic E-state index is -0.737. The summed E-state index contributed by atoms with van der Waals surface area (Å²) in [6, 6.07) is 19.7. The Morgan fingerprint density at radius 2 is 1.75 bits per heavy atom. The standard InChI is InChI=1S/C30H29BFN4O4/c1-2-17-36(18-7-12-26(37)28(38)23-19-33-25-11-6-10-24(32)27(23)25)29(20-8-4-3-5-9-20)35-30(39)34-22-15-13-21(31-40)14-16-22/h3-6,8-11,13-16,19,33,40H,2,7,12,17-18H2,1H3,(H,34,39). The van der Waals surface area contributed by atoms with Crippen molar-refractivity contribution in [2.75, 3.05) is 18.4 Å². The lowest BCUT2D eigenvalue weighted by atomic mass is 9.89. The van der Waals surface area contributed by atoms with E-state index in [1.165, 1.54) is 18.3 Å². The maximum Gasteiger partial charge on any atom is 0.347 e. The molecular weight excluding hydrogens is 510 g/mol. The quantitative estimate of drug-likeness (QED) is 0.0856. The van der Waals surface area contributed by atoms with Crippen molar-refractivity contribution >= 4 is 53.0 Å². The molecule has 0 spiro atoms. The van der Waals surface area contributed by atoms with E-state index >= 15 is 0 Å². The smallest absolute Gasteiger partial charge is 0.347 e. The molecule has 1 heterocycles. The van der Waals surface area contributed by atoms with E-state index in [0.29, 0.717) is 42.0 Å². The van der Waals surface area contributed by atoms with Gasteiger partial charge in [0.25, 0.3) is 0 Å². The molecule has 1 radical (unpaired) electrons. The van der Waals surface area contributed by atoms with Crippen LogP contribution in [0.2, 0.25) is 0 Å². The fourth-order valence-electron chi connectivity index (χ4n) is 4.41. The number of carbonyl (C=O) groups excluding carboxylic acids is 3. The Hall–Kier alpha value is -4.57. The molecule has 1 aromatic heterocycles. The van der Waals surface area contributed by atoms with Crippen LogP contribution in [0.5, 0.6) is 0 Å². The number of hydrogen-bond acceptors (Lipinski definition) is 4.